The number of carbonyl (C=O) groups is 1. The minimum atomic E-state index is -0.275. The second-order valence-corrected chi connectivity index (χ2v) is 9.94. The van der Waals surface area contributed by atoms with Crippen LogP contribution in [0, 0.1) is 6.92 Å². The molecule has 2 heterocycles. The van der Waals surface area contributed by atoms with Crippen molar-refractivity contribution in [3.8, 4) is 5.75 Å². The minimum Gasteiger partial charge on any atom is -0.497 e. The molecule has 0 aliphatic carbocycles. The zero-order chi connectivity index (χ0) is 24.9. The fourth-order valence-electron chi connectivity index (χ4n) is 3.97. The quantitative estimate of drug-likeness (QED) is 0.354. The van der Waals surface area contributed by atoms with Crippen LogP contribution in [-0.2, 0) is 17.0 Å². The number of hydrogen-bond donors (Lipinski definition) is 1. The number of thioether (sulfide) groups is 1. The van der Waals surface area contributed by atoms with Crippen molar-refractivity contribution < 1.29 is 9.53 Å². The molecule has 3 aromatic rings. The van der Waals surface area contributed by atoms with Gasteiger partial charge in [-0.05, 0) is 36.8 Å². The van der Waals surface area contributed by atoms with Crippen LogP contribution >= 0.6 is 35.0 Å². The summed E-state index contributed by atoms with van der Waals surface area (Å²) in [7, 11) is 1.63. The van der Waals surface area contributed by atoms with E-state index in [4.69, 9.17) is 27.9 Å². The van der Waals surface area contributed by atoms with Gasteiger partial charge < -0.3 is 19.5 Å². The Kier molecular flexibility index (Phi) is 8.26. The van der Waals surface area contributed by atoms with Crippen LogP contribution in [0.3, 0.4) is 0 Å². The van der Waals surface area contributed by atoms with Gasteiger partial charge in [-0.1, -0.05) is 53.2 Å². The number of H-pyrrole nitrogens is 1. The van der Waals surface area contributed by atoms with E-state index in [1.165, 1.54) is 11.8 Å². The van der Waals surface area contributed by atoms with E-state index in [-0.39, 0.29) is 17.9 Å². The summed E-state index contributed by atoms with van der Waals surface area (Å²) in [5.41, 5.74) is 2.63. The molecule has 0 saturated carbocycles. The summed E-state index contributed by atoms with van der Waals surface area (Å²) >= 11 is 13.9. The van der Waals surface area contributed by atoms with E-state index in [1.54, 1.807) is 25.0 Å². The molecule has 1 saturated heterocycles. The maximum absolute atomic E-state index is 13.0. The first kappa shape index (κ1) is 25.4. The number of ether oxygens (including phenoxy) is 1. The summed E-state index contributed by atoms with van der Waals surface area (Å²) in [6.45, 7) is 4.13. The topological polar surface area (TPSA) is 78.5 Å². The van der Waals surface area contributed by atoms with Crippen molar-refractivity contribution >= 4 is 46.6 Å². The van der Waals surface area contributed by atoms with Crippen LogP contribution in [0.4, 0.5) is 5.69 Å². The third-order valence-corrected chi connectivity index (χ3v) is 7.70. The van der Waals surface area contributed by atoms with Gasteiger partial charge in [-0.15, -0.1) is 0 Å². The van der Waals surface area contributed by atoms with Gasteiger partial charge >= 0.3 is 0 Å². The molecule has 35 heavy (non-hydrogen) atoms. The summed E-state index contributed by atoms with van der Waals surface area (Å²) in [6, 6.07) is 13.3. The molecule has 0 spiro atoms. The first-order chi connectivity index (χ1) is 16.9. The number of carbonyl (C=O) groups excluding carboxylic acids is 1. The molecule has 1 aliphatic heterocycles. The van der Waals surface area contributed by atoms with Crippen LogP contribution in [0.5, 0.6) is 5.75 Å². The van der Waals surface area contributed by atoms with Gasteiger partial charge in [0.25, 0.3) is 5.56 Å². The fraction of sp³-hybridized carbons (Fsp3) is 0.320. The molecule has 0 atom stereocenters. The van der Waals surface area contributed by atoms with Gasteiger partial charge in [-0.2, -0.15) is 0 Å². The first-order valence-corrected chi connectivity index (χ1v) is 12.9. The third kappa shape index (κ3) is 6.12. The number of methoxy groups -OCH3 is 1. The van der Waals surface area contributed by atoms with Crippen molar-refractivity contribution in [2.75, 3.05) is 38.2 Å². The molecule has 0 radical (unpaired) electrons. The molecule has 1 fully saturated rings. The highest BCUT2D eigenvalue weighted by Crippen LogP contribution is 2.33. The van der Waals surface area contributed by atoms with E-state index in [2.05, 4.69) is 14.9 Å². The molecular weight excluding hydrogens is 507 g/mol. The van der Waals surface area contributed by atoms with Crippen LogP contribution in [0.15, 0.2) is 52.4 Å². The largest absolute Gasteiger partial charge is 0.497 e. The Hall–Kier alpha value is -2.68. The lowest BCUT2D eigenvalue weighted by Gasteiger charge is -2.36. The van der Waals surface area contributed by atoms with Gasteiger partial charge in [0.1, 0.15) is 5.75 Å². The number of aryl methyl sites for hydroxylation is 1. The number of benzene rings is 2. The average molecular weight is 533 g/mol. The van der Waals surface area contributed by atoms with E-state index in [0.29, 0.717) is 58.4 Å². The van der Waals surface area contributed by atoms with Gasteiger partial charge in [0.2, 0.25) is 5.91 Å². The number of aromatic amines is 1. The molecule has 0 unspecified atom stereocenters. The van der Waals surface area contributed by atoms with E-state index >= 15 is 0 Å². The lowest BCUT2D eigenvalue weighted by Crippen LogP contribution is -2.49. The number of nitrogens with zero attached hydrogens (tertiary/aromatic N) is 3. The predicted molar refractivity (Wildman–Crippen MR) is 141 cm³/mol. The summed E-state index contributed by atoms with van der Waals surface area (Å²) in [5.74, 6) is 1.33. The van der Waals surface area contributed by atoms with Crippen LogP contribution < -0.4 is 15.2 Å². The Balaban J connectivity index is 1.36. The maximum atomic E-state index is 13.0. The maximum Gasteiger partial charge on any atom is 0.255 e. The van der Waals surface area contributed by atoms with E-state index in [1.807, 2.05) is 36.4 Å². The molecule has 0 bridgehead atoms. The van der Waals surface area contributed by atoms with Crippen LogP contribution in [0.2, 0.25) is 10.0 Å². The highest BCUT2D eigenvalue weighted by Gasteiger charge is 2.24. The molecule has 1 amide bonds. The summed E-state index contributed by atoms with van der Waals surface area (Å²) in [6.07, 6.45) is 0.0208. The number of piperazine rings is 1. The van der Waals surface area contributed by atoms with Crippen molar-refractivity contribution in [1.82, 2.24) is 14.9 Å². The Morgan fingerprint density at radius 1 is 1.14 bits per heavy atom. The Labute approximate surface area is 218 Å². The molecule has 184 valence electrons. The lowest BCUT2D eigenvalue weighted by atomic mass is 10.1. The fourth-order valence-corrected chi connectivity index (χ4v) is 5.24. The number of aromatic nitrogens is 2. The summed E-state index contributed by atoms with van der Waals surface area (Å²) in [5, 5.41) is 1.56. The standard InChI is InChI=1S/C25H26Cl2N4O3S/c1-16-19(24(33)29-25(28-16)35-15-17-5-3-6-18(13-17)34-2)14-22(32)31-11-9-30(10-12-31)21-8-4-7-20(26)23(21)27/h3-8,13H,9-12,14-15H2,1-2H3,(H,28,29,33). The number of hydrogen-bond acceptors (Lipinski definition) is 6. The first-order valence-electron chi connectivity index (χ1n) is 11.2. The zero-order valence-electron chi connectivity index (χ0n) is 19.5. The Morgan fingerprint density at radius 3 is 2.60 bits per heavy atom. The molecular formula is C25H26Cl2N4O3S. The van der Waals surface area contributed by atoms with Crippen molar-refractivity contribution in [1.29, 1.82) is 0 Å². The van der Waals surface area contributed by atoms with Crippen LogP contribution in [0.1, 0.15) is 16.8 Å². The van der Waals surface area contributed by atoms with Gasteiger partial charge in [0.15, 0.2) is 5.16 Å². The second-order valence-electron chi connectivity index (χ2n) is 8.19. The molecule has 2 aromatic carbocycles. The van der Waals surface area contributed by atoms with Crippen molar-refractivity contribution in [3.05, 3.63) is 79.7 Å². The molecule has 1 N–H and O–H groups in total. The van der Waals surface area contributed by atoms with Crippen molar-refractivity contribution in [2.24, 2.45) is 0 Å². The van der Waals surface area contributed by atoms with Crippen molar-refractivity contribution in [2.45, 2.75) is 24.3 Å². The second kappa shape index (κ2) is 11.4. The Morgan fingerprint density at radius 2 is 1.89 bits per heavy atom. The highest BCUT2D eigenvalue weighted by atomic mass is 35.5. The molecule has 1 aromatic heterocycles. The predicted octanol–water partition coefficient (Wildman–Crippen LogP) is 4.58. The number of amides is 1. The van der Waals surface area contributed by atoms with Gasteiger partial charge in [0, 0.05) is 43.2 Å². The number of nitrogens with one attached hydrogen (secondary N) is 1. The summed E-state index contributed by atoms with van der Waals surface area (Å²) in [4.78, 5) is 37.0. The number of halogens is 2. The normalized spacial score (nSPS) is 13.7. The SMILES string of the molecule is COc1cccc(CSc2nc(C)c(CC(=O)N3CCN(c4cccc(Cl)c4Cl)CC3)c(=O)[nH]2)c1. The van der Waals surface area contributed by atoms with E-state index in [0.717, 1.165) is 17.0 Å². The van der Waals surface area contributed by atoms with Crippen LogP contribution in [-0.4, -0.2) is 54.1 Å². The number of rotatable bonds is 7. The highest BCUT2D eigenvalue weighted by molar-refractivity contribution is 7.98. The smallest absolute Gasteiger partial charge is 0.255 e. The molecule has 10 heteroatoms. The minimum absolute atomic E-state index is 0.0208. The number of anilines is 1. The van der Waals surface area contributed by atoms with E-state index < -0.39 is 0 Å². The van der Waals surface area contributed by atoms with Gasteiger partial charge in [0.05, 0.1) is 29.3 Å². The van der Waals surface area contributed by atoms with Crippen LogP contribution in [0.25, 0.3) is 0 Å². The average Bonchev–Trinajstić information content (AvgIpc) is 2.86. The van der Waals surface area contributed by atoms with Gasteiger partial charge in [-0.25, -0.2) is 4.98 Å². The van der Waals surface area contributed by atoms with Crippen molar-refractivity contribution in [3.63, 3.8) is 0 Å². The van der Waals surface area contributed by atoms with Gasteiger partial charge in [-0.3, -0.25) is 9.59 Å². The molecule has 1 aliphatic rings. The molecule has 4 rings (SSSR count). The van der Waals surface area contributed by atoms with E-state index in [9.17, 15) is 9.59 Å². The lowest BCUT2D eigenvalue weighted by molar-refractivity contribution is -0.130. The summed E-state index contributed by atoms with van der Waals surface area (Å²) < 4.78 is 5.25. The Bertz CT molecular complexity index is 1280. The third-order valence-electron chi connectivity index (χ3n) is 5.94. The monoisotopic (exact) mass is 532 g/mol. The molecule has 7 nitrogen and oxygen atoms in total. The zero-order valence-corrected chi connectivity index (χ0v) is 21.8.